The molecule has 1 atom stereocenters. The van der Waals surface area contributed by atoms with Gasteiger partial charge >= 0.3 is 4.87 Å². The van der Waals surface area contributed by atoms with Crippen molar-refractivity contribution in [2.45, 2.75) is 39.3 Å². The number of rotatable bonds is 2. The van der Waals surface area contributed by atoms with Gasteiger partial charge in [0.25, 0.3) is 0 Å². The highest BCUT2D eigenvalue weighted by molar-refractivity contribution is 7.09. The molecule has 0 aromatic carbocycles. The molecule has 1 aliphatic rings. The molecule has 0 amide bonds. The van der Waals surface area contributed by atoms with E-state index in [4.69, 9.17) is 0 Å². The van der Waals surface area contributed by atoms with E-state index in [1.165, 1.54) is 24.2 Å². The molecule has 1 aromatic rings. The van der Waals surface area contributed by atoms with Gasteiger partial charge in [0, 0.05) is 23.2 Å². The number of thiazole rings is 1. The third kappa shape index (κ3) is 1.77. The fourth-order valence-electron chi connectivity index (χ4n) is 1.93. The van der Waals surface area contributed by atoms with E-state index in [0.717, 1.165) is 23.7 Å². The van der Waals surface area contributed by atoms with Crippen LogP contribution in [-0.4, -0.2) is 17.2 Å². The number of aromatic nitrogens is 1. The average Bonchev–Trinajstić information content (AvgIpc) is 2.71. The number of hydrogen-bond donors (Lipinski definition) is 1. The normalized spacial score (nSPS) is 21.7. The minimum absolute atomic E-state index is 0.189. The summed E-state index contributed by atoms with van der Waals surface area (Å²) in [6.07, 6.45) is 2.43. The predicted octanol–water partition coefficient (Wildman–Crippen LogP) is 1.28. The minimum Gasteiger partial charge on any atom is -0.312 e. The third-order valence-corrected chi connectivity index (χ3v) is 3.94. The fourth-order valence-corrected chi connectivity index (χ4v) is 2.77. The van der Waals surface area contributed by atoms with E-state index in [1.54, 1.807) is 0 Å². The van der Waals surface area contributed by atoms with Crippen LogP contribution < -0.4 is 10.2 Å². The van der Waals surface area contributed by atoms with Crippen molar-refractivity contribution in [3.8, 4) is 0 Å². The molecule has 1 aromatic heterocycles. The lowest BCUT2D eigenvalue weighted by Crippen LogP contribution is -2.30. The second-order valence-corrected chi connectivity index (χ2v) is 5.08. The zero-order valence-corrected chi connectivity index (χ0v) is 9.49. The minimum atomic E-state index is 0.189. The van der Waals surface area contributed by atoms with Gasteiger partial charge in [-0.1, -0.05) is 11.3 Å². The largest absolute Gasteiger partial charge is 0.312 e. The molecular weight excluding hydrogens is 196 g/mol. The lowest BCUT2D eigenvalue weighted by molar-refractivity contribution is 0.498. The monoisotopic (exact) mass is 212 g/mol. The highest BCUT2D eigenvalue weighted by atomic mass is 32.1. The van der Waals surface area contributed by atoms with Crippen molar-refractivity contribution < 1.29 is 0 Å². The lowest BCUT2D eigenvalue weighted by Gasteiger charge is -2.11. The first-order valence-corrected chi connectivity index (χ1v) is 5.90. The molecule has 2 heterocycles. The number of nitrogens with zero attached hydrogens (tertiary/aromatic N) is 1. The Labute approximate surface area is 87.8 Å². The number of hydrogen-bond acceptors (Lipinski definition) is 3. The van der Waals surface area contributed by atoms with Gasteiger partial charge in [-0.15, -0.1) is 0 Å². The Morgan fingerprint density at radius 1 is 1.57 bits per heavy atom. The van der Waals surface area contributed by atoms with Crippen LogP contribution in [0.3, 0.4) is 0 Å². The van der Waals surface area contributed by atoms with Crippen LogP contribution in [0.25, 0.3) is 0 Å². The van der Waals surface area contributed by atoms with Crippen molar-refractivity contribution in [1.82, 2.24) is 9.88 Å². The van der Waals surface area contributed by atoms with Crippen LogP contribution in [0.4, 0.5) is 0 Å². The van der Waals surface area contributed by atoms with Gasteiger partial charge in [-0.3, -0.25) is 4.79 Å². The molecule has 1 saturated heterocycles. The number of nitrogens with one attached hydrogen (secondary N) is 1. The summed E-state index contributed by atoms with van der Waals surface area (Å²) in [4.78, 5) is 12.9. The number of aryl methyl sites for hydroxylation is 1. The van der Waals surface area contributed by atoms with Crippen molar-refractivity contribution in [1.29, 1.82) is 0 Å². The summed E-state index contributed by atoms with van der Waals surface area (Å²) in [7, 11) is 0. The van der Waals surface area contributed by atoms with Gasteiger partial charge in [0.05, 0.1) is 0 Å². The Kier molecular flexibility index (Phi) is 2.74. The predicted molar refractivity (Wildman–Crippen MR) is 59.1 cm³/mol. The summed E-state index contributed by atoms with van der Waals surface area (Å²) in [6.45, 7) is 5.98. The Hall–Kier alpha value is -0.610. The van der Waals surface area contributed by atoms with Crippen LogP contribution in [0.1, 0.15) is 23.4 Å². The van der Waals surface area contributed by atoms with Gasteiger partial charge in [0.15, 0.2) is 0 Å². The maximum absolute atomic E-state index is 11.6. The summed E-state index contributed by atoms with van der Waals surface area (Å²) >= 11 is 1.36. The zero-order chi connectivity index (χ0) is 10.1. The highest BCUT2D eigenvalue weighted by Gasteiger charge is 2.17. The second kappa shape index (κ2) is 3.87. The van der Waals surface area contributed by atoms with Crippen molar-refractivity contribution >= 4 is 11.3 Å². The maximum Gasteiger partial charge on any atom is 0.307 e. The molecule has 14 heavy (non-hydrogen) atoms. The summed E-state index contributed by atoms with van der Waals surface area (Å²) < 4.78 is 1.91. The summed E-state index contributed by atoms with van der Waals surface area (Å²) in [6, 6.07) is 0.500. The first-order chi connectivity index (χ1) is 6.68. The molecular formula is C10H16N2OS. The first kappa shape index (κ1) is 9.93. The Bertz CT molecular complexity index is 374. The molecule has 78 valence electrons. The molecule has 3 nitrogen and oxygen atoms in total. The fraction of sp³-hybridized carbons (Fsp3) is 0.700. The molecule has 1 fully saturated rings. The van der Waals surface area contributed by atoms with Gasteiger partial charge < -0.3 is 9.88 Å². The topological polar surface area (TPSA) is 34.0 Å². The lowest BCUT2D eigenvalue weighted by atomic mass is 10.2. The van der Waals surface area contributed by atoms with Gasteiger partial charge in [-0.25, -0.2) is 0 Å². The van der Waals surface area contributed by atoms with Crippen molar-refractivity contribution in [3.63, 3.8) is 0 Å². The first-order valence-electron chi connectivity index (χ1n) is 5.08. The van der Waals surface area contributed by atoms with E-state index in [9.17, 15) is 4.79 Å². The third-order valence-electron chi connectivity index (χ3n) is 2.94. The van der Waals surface area contributed by atoms with Gasteiger partial charge in [-0.2, -0.15) is 0 Å². The van der Waals surface area contributed by atoms with E-state index >= 15 is 0 Å². The maximum atomic E-state index is 11.6. The van der Waals surface area contributed by atoms with E-state index < -0.39 is 0 Å². The van der Waals surface area contributed by atoms with E-state index in [1.807, 2.05) is 18.4 Å². The zero-order valence-electron chi connectivity index (χ0n) is 8.67. The van der Waals surface area contributed by atoms with E-state index in [0.29, 0.717) is 6.04 Å². The van der Waals surface area contributed by atoms with Crippen molar-refractivity contribution in [2.24, 2.45) is 0 Å². The van der Waals surface area contributed by atoms with Crippen LogP contribution >= 0.6 is 11.3 Å². The quantitative estimate of drug-likeness (QED) is 0.801. The van der Waals surface area contributed by atoms with Crippen molar-refractivity contribution in [3.05, 3.63) is 20.2 Å². The summed E-state index contributed by atoms with van der Waals surface area (Å²) in [5, 5.41) is 3.41. The smallest absolute Gasteiger partial charge is 0.307 e. The van der Waals surface area contributed by atoms with Gasteiger partial charge in [-0.05, 0) is 33.2 Å². The molecule has 4 heteroatoms. The summed E-state index contributed by atoms with van der Waals surface area (Å²) in [5.41, 5.74) is 1.13. The average molecular weight is 212 g/mol. The molecule has 0 aliphatic carbocycles. The molecule has 0 radical (unpaired) electrons. The SMILES string of the molecule is Cc1sc(=O)n(CC2CCCN2)c1C. The van der Waals surface area contributed by atoms with E-state index in [-0.39, 0.29) is 4.87 Å². The van der Waals surface area contributed by atoms with E-state index in [2.05, 4.69) is 5.32 Å². The highest BCUT2D eigenvalue weighted by Crippen LogP contribution is 2.12. The Morgan fingerprint density at radius 2 is 2.36 bits per heavy atom. The van der Waals surface area contributed by atoms with Crippen LogP contribution in [0.2, 0.25) is 0 Å². The molecule has 1 aliphatic heterocycles. The standard InChI is InChI=1S/C10H16N2OS/c1-7-8(2)14-10(13)12(7)6-9-4-3-5-11-9/h9,11H,3-6H2,1-2H3. The molecule has 2 rings (SSSR count). The molecule has 0 bridgehead atoms. The Morgan fingerprint density at radius 3 is 2.86 bits per heavy atom. The molecule has 1 unspecified atom stereocenters. The van der Waals surface area contributed by atoms with Gasteiger partial charge in [0.1, 0.15) is 0 Å². The summed E-state index contributed by atoms with van der Waals surface area (Å²) in [5.74, 6) is 0. The van der Waals surface area contributed by atoms with Crippen molar-refractivity contribution in [2.75, 3.05) is 6.54 Å². The molecule has 0 saturated carbocycles. The molecule has 0 spiro atoms. The van der Waals surface area contributed by atoms with Crippen LogP contribution in [-0.2, 0) is 6.54 Å². The Balaban J connectivity index is 2.19. The van der Waals surface area contributed by atoms with Crippen LogP contribution in [0.5, 0.6) is 0 Å². The second-order valence-electron chi connectivity index (χ2n) is 3.91. The van der Waals surface area contributed by atoms with Gasteiger partial charge in [0.2, 0.25) is 0 Å². The van der Waals surface area contributed by atoms with Crippen LogP contribution in [0, 0.1) is 13.8 Å². The van der Waals surface area contributed by atoms with Crippen LogP contribution in [0.15, 0.2) is 4.79 Å². The molecule has 1 N–H and O–H groups in total.